The number of alkyl carbamates (subject to hydrolysis) is 1. The first-order valence-corrected chi connectivity index (χ1v) is 38.6. The first-order chi connectivity index (χ1) is 50.1. The molecule has 0 bridgehead atoms. The highest BCUT2D eigenvalue weighted by Gasteiger charge is 2.46. The lowest BCUT2D eigenvalue weighted by Crippen LogP contribution is -2.46. The number of carboxylic acids is 2. The van der Waals surface area contributed by atoms with Gasteiger partial charge in [0.2, 0.25) is 17.5 Å². The van der Waals surface area contributed by atoms with E-state index in [1.165, 1.54) is 45.8 Å². The zero-order valence-corrected chi connectivity index (χ0v) is 62.4. The number of fused-ring (bicyclic) bond motifs is 3. The molecule has 9 atom stereocenters. The maximum absolute atomic E-state index is 13.9. The fourth-order valence-electron chi connectivity index (χ4n) is 12.5. The van der Waals surface area contributed by atoms with Crippen LogP contribution in [0.25, 0.3) is 21.5 Å². The number of azide groups is 1. The van der Waals surface area contributed by atoms with Crippen molar-refractivity contribution in [2.75, 3.05) is 76.5 Å². The molecule has 0 spiro atoms. The summed E-state index contributed by atoms with van der Waals surface area (Å²) >= 11 is 0. The lowest BCUT2D eigenvalue weighted by Gasteiger charge is -2.25. The van der Waals surface area contributed by atoms with Crippen LogP contribution in [0.4, 0.5) is 22.0 Å². The molecule has 9 unspecified atom stereocenters. The molecule has 39 heteroatoms. The minimum Gasteiger partial charge on any atom is -0.481 e. The van der Waals surface area contributed by atoms with Crippen molar-refractivity contribution in [1.82, 2.24) is 30.5 Å². The number of nitrogens with zero attached hydrogens (tertiary/aromatic N) is 8. The Kier molecular flexibility index (Phi) is 30.9. The molecule has 3 amide bonds. The number of carbonyl (C=O) groups excluding carboxylic acids is 4. The van der Waals surface area contributed by atoms with E-state index in [0.29, 0.717) is 19.4 Å². The highest BCUT2D eigenvalue weighted by Crippen LogP contribution is 2.66. The van der Waals surface area contributed by atoms with Gasteiger partial charge in [-0.15, -0.1) is 0 Å². The Bertz CT molecular complexity index is 4200. The zero-order chi connectivity index (χ0) is 77.7. The number of para-hydroxylation sites is 1. The van der Waals surface area contributed by atoms with E-state index in [0.717, 1.165) is 30.7 Å². The number of aliphatic hydroxyl groups is 1. The SMILES string of the molecule is CCC(NC(=O)C(CC(=O)O)CC(=O)C(CCCCNC(=O)CCCC[N+]1=C(C=CC=C2N(CC)c3ccc(C)cc3C2(C)C)C(C)(C)c2ccccc21)NC(=O)OCCOCCOCC(N=[N+]=[N-])OCC#Cc1cn(C2CC(O)C(COP(=O)(O)OP(=O)(O)OP(=O)(O)O)O2)c2ncnc(N)c12)C(=O)O. The Morgan fingerprint density at radius 2 is 1.64 bits per heavy atom. The van der Waals surface area contributed by atoms with Gasteiger partial charge in [0.25, 0.3) is 0 Å². The number of aromatic nitrogens is 3. The Labute approximate surface area is 611 Å². The smallest absolute Gasteiger partial charge is 0.481 e. The number of nitrogens with one attached hydrogen (secondary N) is 3. The average Bonchev–Trinajstić information content (AvgIpc) is 1.60. The van der Waals surface area contributed by atoms with Crippen molar-refractivity contribution in [1.29, 1.82) is 0 Å². The van der Waals surface area contributed by atoms with Crippen LogP contribution in [0.1, 0.15) is 134 Å². The normalized spacial score (nSPS) is 19.2. The molecule has 0 saturated carbocycles. The van der Waals surface area contributed by atoms with Crippen molar-refractivity contribution in [3.63, 3.8) is 0 Å². The van der Waals surface area contributed by atoms with E-state index in [1.807, 2.05) is 6.07 Å². The topological polar surface area (TPSA) is 517 Å². The number of hydrogen-bond donors (Lipinski definition) is 11. The van der Waals surface area contributed by atoms with Crippen molar-refractivity contribution in [2.45, 2.75) is 160 Å². The average molecular weight is 1540 g/mol. The second-order valence-electron chi connectivity index (χ2n) is 26.1. The quantitative estimate of drug-likeness (QED) is 0.00395. The predicted molar refractivity (Wildman–Crippen MR) is 382 cm³/mol. The molecule has 0 radical (unpaired) electrons. The predicted octanol–water partition coefficient (Wildman–Crippen LogP) is 7.27. The van der Waals surface area contributed by atoms with Crippen LogP contribution in [0.2, 0.25) is 0 Å². The van der Waals surface area contributed by atoms with Crippen molar-refractivity contribution in [2.24, 2.45) is 11.0 Å². The second-order valence-corrected chi connectivity index (χ2v) is 30.5. The first-order valence-electron chi connectivity index (χ1n) is 34.1. The number of ether oxygens (including phenoxy) is 5. The number of Topliss-reactive ketones (excluding diaryl/α,β-unsaturated/α-hetero) is 1. The molecule has 3 aliphatic heterocycles. The van der Waals surface area contributed by atoms with Crippen LogP contribution in [-0.4, -0.2) is 192 Å². The van der Waals surface area contributed by atoms with Gasteiger partial charge in [0.05, 0.1) is 73.9 Å². The van der Waals surface area contributed by atoms with Crippen LogP contribution in [0.15, 0.2) is 84.0 Å². The number of allylic oxidation sites excluding steroid dienone is 4. The van der Waals surface area contributed by atoms with Gasteiger partial charge in [0, 0.05) is 84.4 Å². The van der Waals surface area contributed by atoms with E-state index >= 15 is 0 Å². The van der Waals surface area contributed by atoms with E-state index in [-0.39, 0.29) is 117 Å². The van der Waals surface area contributed by atoms with Crippen molar-refractivity contribution >= 4 is 93.0 Å². The van der Waals surface area contributed by atoms with Crippen LogP contribution in [0.5, 0.6) is 0 Å². The molecule has 5 heterocycles. The number of benzene rings is 2. The Balaban J connectivity index is 0.860. The van der Waals surface area contributed by atoms with Gasteiger partial charge in [-0.3, -0.25) is 23.7 Å². The largest absolute Gasteiger partial charge is 0.490 e. The van der Waals surface area contributed by atoms with Gasteiger partial charge in [-0.25, -0.2) is 33.3 Å². The summed E-state index contributed by atoms with van der Waals surface area (Å²) in [5, 5.41) is 41.5. The molecule has 4 aromatic rings. The second kappa shape index (κ2) is 38.5. The van der Waals surface area contributed by atoms with Gasteiger partial charge in [-0.1, -0.05) is 79.7 Å². The molecular formula is C67H92N12O24P3+. The third-order valence-electron chi connectivity index (χ3n) is 17.7. The number of unbranched alkanes of at least 4 members (excludes halogenated alkanes) is 2. The van der Waals surface area contributed by atoms with Crippen molar-refractivity contribution in [3.8, 4) is 11.8 Å². The van der Waals surface area contributed by atoms with E-state index in [4.69, 9.17) is 39.2 Å². The van der Waals surface area contributed by atoms with Gasteiger partial charge in [0.15, 0.2) is 17.7 Å². The van der Waals surface area contributed by atoms with Crippen LogP contribution >= 0.6 is 23.5 Å². The number of aryl methyl sites for hydroxylation is 1. The summed E-state index contributed by atoms with van der Waals surface area (Å²) in [5.74, 6) is -0.556. The number of amides is 3. The zero-order valence-electron chi connectivity index (χ0n) is 59.7. The van der Waals surface area contributed by atoms with Gasteiger partial charge < -0.3 is 89.7 Å². The van der Waals surface area contributed by atoms with E-state index < -0.39 is 115 Å². The highest BCUT2D eigenvalue weighted by molar-refractivity contribution is 7.66. The Morgan fingerprint density at radius 3 is 2.35 bits per heavy atom. The number of rotatable bonds is 42. The van der Waals surface area contributed by atoms with Crippen LogP contribution < -0.4 is 26.6 Å². The molecule has 2 aromatic carbocycles. The lowest BCUT2D eigenvalue weighted by atomic mass is 9.81. The maximum Gasteiger partial charge on any atom is 0.490 e. The van der Waals surface area contributed by atoms with Gasteiger partial charge in [-0.2, -0.15) is 13.2 Å². The van der Waals surface area contributed by atoms with Crippen LogP contribution in [0.3, 0.4) is 0 Å². The molecule has 2 aromatic heterocycles. The van der Waals surface area contributed by atoms with Gasteiger partial charge in [-0.05, 0) is 83.0 Å². The molecule has 12 N–H and O–H groups in total. The monoisotopic (exact) mass is 1540 g/mol. The lowest BCUT2D eigenvalue weighted by molar-refractivity contribution is -0.438. The number of aliphatic carboxylic acids is 2. The summed E-state index contributed by atoms with van der Waals surface area (Å²) in [4.78, 5) is 127. The summed E-state index contributed by atoms with van der Waals surface area (Å²) in [5.41, 5.74) is 23.8. The Morgan fingerprint density at radius 1 is 0.906 bits per heavy atom. The highest BCUT2D eigenvalue weighted by atomic mass is 31.3. The molecule has 36 nitrogen and oxygen atoms in total. The summed E-state index contributed by atoms with van der Waals surface area (Å²) in [6.07, 6.45) is 3.66. The van der Waals surface area contributed by atoms with Crippen LogP contribution in [0, 0.1) is 24.7 Å². The molecule has 7 rings (SSSR count). The van der Waals surface area contributed by atoms with E-state index in [2.05, 4.69) is 167 Å². The number of anilines is 2. The molecule has 3 aliphatic rings. The number of carbonyl (C=O) groups is 6. The molecule has 1 saturated heterocycles. The minimum absolute atomic E-state index is 0.00686. The van der Waals surface area contributed by atoms with E-state index in [9.17, 15) is 73.1 Å². The Hall–Kier alpha value is -8.29. The van der Waals surface area contributed by atoms with Gasteiger partial charge in [0.1, 0.15) is 55.9 Å². The minimum atomic E-state index is -5.81. The number of phosphoric acid groups is 3. The molecule has 1 fully saturated rings. The standard InChI is InChI=1S/C67H91N12O24P3/c1-8-47(64(86)87)73-63(85)44(36-59(83)84)35-51(80)48(20-12-14-27-70-56(82)24-13-15-28-78-49-21-11-10-19-45(49)66(4,5)55(78)23-16-22-54-67(6,7)46-34-42(3)25-26-50(46)77(54)9-2)74-65(88)99-33-32-96-30-31-97-40-57(75-76-69)98-29-17-18-43-38-79(62-60(43)61(68)71-41-72-62)58-37-52(81)53(101-58)39-100-105(92,93)103-106(94,95)102-104(89,90)91/h10-11,16,19,21-23,25-26,34,38,41,44,47-48,52-53,57-58,81H,8-9,12-15,20,24,27-33,35-37,39-40H2,1-7H3,(H10-,68,70,71,72,73,74,82,83,84,85,86,87,88,89,90,91,92,93,94,95)/p+1. The fourth-order valence-corrected chi connectivity index (χ4v) is 15.6. The maximum atomic E-state index is 13.9. The van der Waals surface area contributed by atoms with E-state index in [1.54, 1.807) is 0 Å². The number of phosphoric ester groups is 1. The summed E-state index contributed by atoms with van der Waals surface area (Å²) in [6.45, 7) is 14.4. The van der Waals surface area contributed by atoms with Crippen LogP contribution in [-0.2, 0) is 85.3 Å². The fraction of sp³-hybridized carbons (Fsp3) is 0.537. The number of nitrogens with two attached hydrogens (primary N) is 1. The molecular weight excluding hydrogens is 1450 g/mol. The summed E-state index contributed by atoms with van der Waals surface area (Å²) in [6, 6.07) is 12.4. The first kappa shape index (κ1) is 85.0. The van der Waals surface area contributed by atoms with Crippen molar-refractivity contribution < 1.29 is 119 Å². The molecule has 578 valence electrons. The summed E-state index contributed by atoms with van der Waals surface area (Å²) in [7, 11) is -17.0. The van der Waals surface area contributed by atoms with Gasteiger partial charge >= 0.3 is 41.5 Å². The third-order valence-corrected chi connectivity index (χ3v) is 21.5. The number of hydrogen-bond acceptors (Lipinski definition) is 23. The van der Waals surface area contributed by atoms with Crippen molar-refractivity contribution in [3.05, 3.63) is 112 Å². The third kappa shape index (κ3) is 23.9. The number of aliphatic hydroxyl groups excluding tert-OH is 1. The summed E-state index contributed by atoms with van der Waals surface area (Å²) < 4.78 is 78.6. The molecule has 0 aliphatic carbocycles. The number of carboxylic acid groups (broad SMARTS) is 2. The number of likely N-dealkylation sites (N-methyl/N-ethyl adjacent to an activating group) is 1. The molecule has 106 heavy (non-hydrogen) atoms. The number of ketones is 1. The number of nitrogen functional groups attached to an aromatic ring is 1.